The summed E-state index contributed by atoms with van der Waals surface area (Å²) in [6.45, 7) is 0.887. The van der Waals surface area contributed by atoms with Gasteiger partial charge in [0.15, 0.2) is 5.65 Å². The van der Waals surface area contributed by atoms with Gasteiger partial charge in [-0.1, -0.05) is 30.3 Å². The maximum atomic E-state index is 12.4. The number of aromatic nitrogens is 3. The van der Waals surface area contributed by atoms with Gasteiger partial charge in [-0.15, -0.1) is 23.2 Å². The first-order valence-corrected chi connectivity index (χ1v) is 8.31. The number of rotatable bonds is 5. The van der Waals surface area contributed by atoms with E-state index >= 15 is 0 Å². The van der Waals surface area contributed by atoms with Crippen LogP contribution in [0.5, 0.6) is 0 Å². The van der Waals surface area contributed by atoms with E-state index in [4.69, 9.17) is 23.2 Å². The van der Waals surface area contributed by atoms with Crippen LogP contribution >= 0.6 is 23.2 Å². The molecule has 0 N–H and O–H groups in total. The average Bonchev–Trinajstić information content (AvgIpc) is 2.96. The zero-order chi connectivity index (χ0) is 17.1. The minimum Gasteiger partial charge on any atom is -0.339 e. The van der Waals surface area contributed by atoms with Crippen molar-refractivity contribution in [3.05, 3.63) is 59.9 Å². The van der Waals surface area contributed by atoms with E-state index in [1.165, 1.54) is 4.90 Å². The molecular weight excluding hydrogens is 347 g/mol. The molecule has 0 spiro atoms. The van der Waals surface area contributed by atoms with Gasteiger partial charge in [-0.3, -0.25) is 4.79 Å². The Morgan fingerprint density at radius 2 is 2.00 bits per heavy atom. The van der Waals surface area contributed by atoms with Crippen molar-refractivity contribution >= 4 is 40.1 Å². The third kappa shape index (κ3) is 3.68. The number of hydrogen-bond donors (Lipinski definition) is 0. The summed E-state index contributed by atoms with van der Waals surface area (Å²) >= 11 is 11.4. The van der Waals surface area contributed by atoms with Gasteiger partial charge in [0.05, 0.1) is 24.8 Å². The second-order valence-electron chi connectivity index (χ2n) is 5.50. The van der Waals surface area contributed by atoms with E-state index < -0.39 is 4.84 Å². The molecule has 1 aromatic carbocycles. The normalized spacial score (nSPS) is 11.2. The highest BCUT2D eigenvalue weighted by Crippen LogP contribution is 2.16. The Balaban J connectivity index is 1.84. The van der Waals surface area contributed by atoms with Crippen LogP contribution in [0.1, 0.15) is 15.9 Å². The van der Waals surface area contributed by atoms with E-state index in [9.17, 15) is 4.79 Å². The largest absolute Gasteiger partial charge is 0.339 e. The molecule has 0 aliphatic carbocycles. The second-order valence-corrected chi connectivity index (χ2v) is 6.78. The number of fused-ring (bicyclic) bond motifs is 1. The molecule has 0 atom stereocenters. The Morgan fingerprint density at radius 1 is 1.25 bits per heavy atom. The van der Waals surface area contributed by atoms with Gasteiger partial charge in [0.1, 0.15) is 4.84 Å². The average molecular weight is 363 g/mol. The number of alkyl halides is 2. The lowest BCUT2D eigenvalue weighted by Crippen LogP contribution is -2.30. The van der Waals surface area contributed by atoms with Crippen molar-refractivity contribution in [2.75, 3.05) is 13.6 Å². The molecule has 0 bridgehead atoms. The Morgan fingerprint density at radius 3 is 2.71 bits per heavy atom. The summed E-state index contributed by atoms with van der Waals surface area (Å²) in [5.74, 6) is -0.175. The maximum absolute atomic E-state index is 12.4. The first-order chi connectivity index (χ1) is 11.5. The molecule has 0 unspecified atom stereocenters. The van der Waals surface area contributed by atoms with Gasteiger partial charge in [-0.05, 0) is 11.6 Å². The molecule has 1 amide bonds. The van der Waals surface area contributed by atoms with Crippen LogP contribution in [0.25, 0.3) is 11.0 Å². The van der Waals surface area contributed by atoms with E-state index in [1.54, 1.807) is 25.5 Å². The zero-order valence-electron chi connectivity index (χ0n) is 13.1. The molecule has 3 rings (SSSR count). The van der Waals surface area contributed by atoms with Crippen LogP contribution < -0.4 is 0 Å². The summed E-state index contributed by atoms with van der Waals surface area (Å²) < 4.78 is 1.82. The highest BCUT2D eigenvalue weighted by Gasteiger charge is 2.16. The van der Waals surface area contributed by atoms with Crippen molar-refractivity contribution in [1.82, 2.24) is 19.7 Å². The molecule has 0 aliphatic heterocycles. The Hall–Kier alpha value is -2.11. The number of carbonyl (C=O) groups is 1. The number of hydrogen-bond acceptors (Lipinski definition) is 3. The van der Waals surface area contributed by atoms with Crippen molar-refractivity contribution in [3.63, 3.8) is 0 Å². The maximum Gasteiger partial charge on any atom is 0.255 e. The highest BCUT2D eigenvalue weighted by molar-refractivity contribution is 6.44. The zero-order valence-corrected chi connectivity index (χ0v) is 14.6. The fourth-order valence-electron chi connectivity index (χ4n) is 2.47. The van der Waals surface area contributed by atoms with Crippen LogP contribution in [-0.4, -0.2) is 44.0 Å². The van der Waals surface area contributed by atoms with Gasteiger partial charge in [0.2, 0.25) is 0 Å². The quantitative estimate of drug-likeness (QED) is 0.654. The van der Waals surface area contributed by atoms with E-state index in [1.807, 2.05) is 35.0 Å². The summed E-state index contributed by atoms with van der Waals surface area (Å²) in [4.78, 5) is 17.6. The third-order valence-electron chi connectivity index (χ3n) is 3.66. The lowest BCUT2D eigenvalue weighted by Gasteiger charge is -2.17. The van der Waals surface area contributed by atoms with Crippen LogP contribution in [0, 0.1) is 0 Å². The van der Waals surface area contributed by atoms with Crippen molar-refractivity contribution in [2.45, 2.75) is 11.4 Å². The predicted octanol–water partition coefficient (Wildman–Crippen LogP) is 3.36. The fraction of sp³-hybridized carbons (Fsp3) is 0.235. The number of nitrogens with zero attached hydrogens (tertiary/aromatic N) is 4. The molecule has 124 valence electrons. The van der Waals surface area contributed by atoms with Crippen molar-refractivity contribution < 1.29 is 4.79 Å². The first kappa shape index (κ1) is 16.7. The summed E-state index contributed by atoms with van der Waals surface area (Å²) in [7, 11) is 1.66. The molecule has 0 radical (unpaired) electrons. The first-order valence-electron chi connectivity index (χ1n) is 7.43. The summed E-state index contributed by atoms with van der Waals surface area (Å²) in [6, 6.07) is 11.8. The van der Waals surface area contributed by atoms with Gasteiger partial charge in [-0.2, -0.15) is 5.10 Å². The molecule has 7 heteroatoms. The van der Waals surface area contributed by atoms with Gasteiger partial charge in [-0.25, -0.2) is 9.67 Å². The molecule has 5 nitrogen and oxygen atoms in total. The SMILES string of the molecule is CN(CC(Cl)Cl)C(=O)c1cnc2c(cnn2Cc2ccccc2)c1. The van der Waals surface area contributed by atoms with E-state index in [-0.39, 0.29) is 12.5 Å². The Kier molecular flexibility index (Phi) is 5.02. The molecular formula is C17H16Cl2N4O. The Labute approximate surface area is 149 Å². The number of pyridine rings is 1. The van der Waals surface area contributed by atoms with Crippen LogP contribution in [0.3, 0.4) is 0 Å². The molecule has 0 saturated carbocycles. The molecule has 2 aromatic heterocycles. The van der Waals surface area contributed by atoms with Crippen molar-refractivity contribution in [1.29, 1.82) is 0 Å². The topological polar surface area (TPSA) is 51.0 Å². The van der Waals surface area contributed by atoms with Crippen molar-refractivity contribution in [3.8, 4) is 0 Å². The van der Waals surface area contributed by atoms with Gasteiger partial charge in [0, 0.05) is 18.6 Å². The minimum absolute atomic E-state index is 0.175. The molecule has 3 aromatic rings. The predicted molar refractivity (Wildman–Crippen MR) is 95.5 cm³/mol. The Bertz CT molecular complexity index is 848. The fourth-order valence-corrected chi connectivity index (χ4v) is 2.89. The standard InChI is InChI=1S/C17H16Cl2N4O/c1-22(11-15(18)19)17(24)14-7-13-9-21-23(16(13)20-8-14)10-12-5-3-2-4-6-12/h2-9,15H,10-11H2,1H3. The summed E-state index contributed by atoms with van der Waals surface area (Å²) in [5, 5.41) is 5.19. The smallest absolute Gasteiger partial charge is 0.255 e. The van der Waals surface area contributed by atoms with Gasteiger partial charge in [0.25, 0.3) is 5.91 Å². The van der Waals surface area contributed by atoms with E-state index in [0.717, 1.165) is 16.6 Å². The van der Waals surface area contributed by atoms with Crippen LogP contribution in [0.4, 0.5) is 0 Å². The summed E-state index contributed by atoms with van der Waals surface area (Å²) in [6.07, 6.45) is 3.27. The lowest BCUT2D eigenvalue weighted by molar-refractivity contribution is 0.0800. The van der Waals surface area contributed by atoms with Crippen molar-refractivity contribution in [2.24, 2.45) is 0 Å². The molecule has 2 heterocycles. The number of benzene rings is 1. The third-order valence-corrected chi connectivity index (χ3v) is 3.93. The number of carbonyl (C=O) groups excluding carboxylic acids is 1. The second kappa shape index (κ2) is 7.20. The van der Waals surface area contributed by atoms with Gasteiger partial charge >= 0.3 is 0 Å². The monoisotopic (exact) mass is 362 g/mol. The molecule has 0 fully saturated rings. The van der Waals surface area contributed by atoms with Crippen LogP contribution in [0.2, 0.25) is 0 Å². The minimum atomic E-state index is -0.621. The molecule has 0 saturated heterocycles. The van der Waals surface area contributed by atoms with E-state index in [0.29, 0.717) is 12.1 Å². The van der Waals surface area contributed by atoms with Crippen LogP contribution in [-0.2, 0) is 6.54 Å². The van der Waals surface area contributed by atoms with Crippen LogP contribution in [0.15, 0.2) is 48.8 Å². The molecule has 0 aliphatic rings. The van der Waals surface area contributed by atoms with Gasteiger partial charge < -0.3 is 4.90 Å². The summed E-state index contributed by atoms with van der Waals surface area (Å²) in [5.41, 5.74) is 2.36. The number of halogens is 2. The lowest BCUT2D eigenvalue weighted by atomic mass is 10.2. The van der Waals surface area contributed by atoms with E-state index in [2.05, 4.69) is 10.1 Å². The highest BCUT2D eigenvalue weighted by atomic mass is 35.5. The molecule has 24 heavy (non-hydrogen) atoms. The number of amides is 1.